The molecule has 2 rings (SSSR count). The number of amides is 1. The first-order chi connectivity index (χ1) is 10.2. The maximum absolute atomic E-state index is 12.0. The van der Waals surface area contributed by atoms with Crippen molar-refractivity contribution in [2.45, 2.75) is 20.0 Å². The number of aromatic nitrogens is 2. The van der Waals surface area contributed by atoms with E-state index >= 15 is 0 Å². The van der Waals surface area contributed by atoms with Crippen LogP contribution < -0.4 is 5.32 Å². The molecule has 21 heavy (non-hydrogen) atoms. The number of ether oxygens (including phenoxy) is 2. The predicted molar refractivity (Wildman–Crippen MR) is 82.4 cm³/mol. The number of nitrogens with one attached hydrogen (secondary N) is 2. The number of anilines is 1. The van der Waals surface area contributed by atoms with Crippen molar-refractivity contribution in [2.75, 3.05) is 25.1 Å². The number of carbonyl (C=O) groups is 1. The Hall–Kier alpha value is -1.70. The minimum Gasteiger partial charge on any atom is -0.379 e. The number of H-pyrrole nitrogens is 1. The van der Waals surface area contributed by atoms with Crippen molar-refractivity contribution in [2.24, 2.45) is 0 Å². The summed E-state index contributed by atoms with van der Waals surface area (Å²) in [5.41, 5.74) is 1.73. The third-order valence-electron chi connectivity index (χ3n) is 2.78. The zero-order valence-electron chi connectivity index (χ0n) is 12.1. The normalized spacial score (nSPS) is 12.3. The Bertz CT molecular complexity index is 554. The zero-order valence-corrected chi connectivity index (χ0v) is 12.9. The van der Waals surface area contributed by atoms with Gasteiger partial charge >= 0.3 is 0 Å². The molecule has 114 valence electrons. The molecular formula is C14H19N3O3S. The van der Waals surface area contributed by atoms with Crippen molar-refractivity contribution in [3.05, 3.63) is 23.7 Å². The summed E-state index contributed by atoms with van der Waals surface area (Å²) in [5, 5.41) is 5.20. The number of hydrogen-bond acceptors (Lipinski definition) is 5. The van der Waals surface area contributed by atoms with Gasteiger partial charge in [-0.25, -0.2) is 4.98 Å². The highest BCUT2D eigenvalue weighted by molar-refractivity contribution is 7.14. The van der Waals surface area contributed by atoms with Gasteiger partial charge in [-0.1, -0.05) is 0 Å². The molecule has 0 saturated carbocycles. The van der Waals surface area contributed by atoms with Crippen molar-refractivity contribution in [3.8, 4) is 11.4 Å². The molecule has 1 amide bonds. The van der Waals surface area contributed by atoms with E-state index in [4.69, 9.17) is 9.47 Å². The van der Waals surface area contributed by atoms with Gasteiger partial charge in [0.15, 0.2) is 5.13 Å². The Morgan fingerprint density at radius 3 is 3.10 bits per heavy atom. The third-order valence-corrected chi connectivity index (χ3v) is 3.53. The summed E-state index contributed by atoms with van der Waals surface area (Å²) in [7, 11) is 0. The fourth-order valence-corrected chi connectivity index (χ4v) is 2.37. The van der Waals surface area contributed by atoms with Gasteiger partial charge < -0.3 is 14.5 Å². The number of carbonyl (C=O) groups excluding carboxylic acids is 1. The Kier molecular flexibility index (Phi) is 5.91. The van der Waals surface area contributed by atoms with Gasteiger partial charge in [0, 0.05) is 18.2 Å². The molecule has 0 aromatic carbocycles. The highest BCUT2D eigenvalue weighted by Gasteiger charge is 2.15. The van der Waals surface area contributed by atoms with Crippen molar-refractivity contribution in [1.82, 2.24) is 9.97 Å². The molecule has 0 bridgehead atoms. The molecule has 0 radical (unpaired) electrons. The molecule has 0 aliphatic rings. The Morgan fingerprint density at radius 1 is 1.52 bits per heavy atom. The van der Waals surface area contributed by atoms with Crippen LogP contribution in [0.2, 0.25) is 0 Å². The number of thiazole rings is 1. The van der Waals surface area contributed by atoms with Gasteiger partial charge in [-0.15, -0.1) is 11.3 Å². The van der Waals surface area contributed by atoms with Crippen LogP contribution in [0.4, 0.5) is 5.13 Å². The highest BCUT2D eigenvalue weighted by atomic mass is 32.1. The lowest BCUT2D eigenvalue weighted by Gasteiger charge is -2.11. The fraction of sp³-hybridized carbons (Fsp3) is 0.429. The van der Waals surface area contributed by atoms with Crippen molar-refractivity contribution >= 4 is 22.4 Å². The second-order valence-corrected chi connectivity index (χ2v) is 5.18. The van der Waals surface area contributed by atoms with Crippen LogP contribution in [-0.4, -0.2) is 41.8 Å². The van der Waals surface area contributed by atoms with Gasteiger partial charge in [-0.2, -0.15) is 0 Å². The van der Waals surface area contributed by atoms with Crippen molar-refractivity contribution in [1.29, 1.82) is 0 Å². The first kappa shape index (κ1) is 15.7. The topological polar surface area (TPSA) is 76.2 Å². The second kappa shape index (κ2) is 7.92. The monoisotopic (exact) mass is 309 g/mol. The maximum Gasteiger partial charge on any atom is 0.254 e. The summed E-state index contributed by atoms with van der Waals surface area (Å²) >= 11 is 1.38. The molecule has 0 aliphatic carbocycles. The Morgan fingerprint density at radius 2 is 2.38 bits per heavy atom. The van der Waals surface area contributed by atoms with Crippen LogP contribution in [0.1, 0.15) is 13.8 Å². The van der Waals surface area contributed by atoms with Gasteiger partial charge in [0.1, 0.15) is 6.10 Å². The summed E-state index contributed by atoms with van der Waals surface area (Å²) in [4.78, 5) is 19.4. The van der Waals surface area contributed by atoms with E-state index in [-0.39, 0.29) is 5.91 Å². The number of hydrogen-bond donors (Lipinski definition) is 2. The third kappa shape index (κ3) is 4.66. The van der Waals surface area contributed by atoms with Crippen LogP contribution >= 0.6 is 11.3 Å². The quantitative estimate of drug-likeness (QED) is 0.735. The van der Waals surface area contributed by atoms with Crippen LogP contribution in [0.3, 0.4) is 0 Å². The molecule has 2 heterocycles. The van der Waals surface area contributed by atoms with E-state index in [0.717, 1.165) is 11.4 Å². The van der Waals surface area contributed by atoms with E-state index in [1.165, 1.54) is 11.3 Å². The molecule has 0 saturated heterocycles. The van der Waals surface area contributed by atoms with Gasteiger partial charge in [0.05, 0.1) is 24.6 Å². The highest BCUT2D eigenvalue weighted by Crippen LogP contribution is 2.23. The van der Waals surface area contributed by atoms with E-state index in [1.54, 1.807) is 6.92 Å². The molecule has 0 aliphatic heterocycles. The van der Waals surface area contributed by atoms with Crippen LogP contribution in [0.15, 0.2) is 23.7 Å². The van der Waals surface area contributed by atoms with Crippen molar-refractivity contribution < 1.29 is 14.3 Å². The smallest absolute Gasteiger partial charge is 0.254 e. The molecule has 0 spiro atoms. The molecule has 2 aromatic heterocycles. The fourth-order valence-electron chi connectivity index (χ4n) is 1.66. The summed E-state index contributed by atoms with van der Waals surface area (Å²) in [6, 6.07) is 3.83. The second-order valence-electron chi connectivity index (χ2n) is 4.32. The lowest BCUT2D eigenvalue weighted by atomic mass is 10.3. The van der Waals surface area contributed by atoms with E-state index < -0.39 is 6.10 Å². The van der Waals surface area contributed by atoms with E-state index in [2.05, 4.69) is 15.3 Å². The summed E-state index contributed by atoms with van der Waals surface area (Å²) in [5.74, 6) is -0.209. The first-order valence-electron chi connectivity index (χ1n) is 6.80. The van der Waals surface area contributed by atoms with E-state index in [1.807, 2.05) is 30.6 Å². The predicted octanol–water partition coefficient (Wildman–Crippen LogP) is 2.52. The summed E-state index contributed by atoms with van der Waals surface area (Å²) in [6.07, 6.45) is 1.30. The number of rotatable bonds is 8. The Labute approximate surface area is 127 Å². The number of aromatic amines is 1. The molecule has 7 heteroatoms. The number of nitrogens with zero attached hydrogens (tertiary/aromatic N) is 1. The zero-order chi connectivity index (χ0) is 15.1. The average molecular weight is 309 g/mol. The van der Waals surface area contributed by atoms with Crippen LogP contribution in [0.25, 0.3) is 11.4 Å². The molecule has 6 nitrogen and oxygen atoms in total. The lowest BCUT2D eigenvalue weighted by molar-refractivity contribution is -0.127. The van der Waals surface area contributed by atoms with Crippen LogP contribution in [0.5, 0.6) is 0 Å². The van der Waals surface area contributed by atoms with E-state index in [9.17, 15) is 4.79 Å². The molecule has 2 N–H and O–H groups in total. The van der Waals surface area contributed by atoms with Gasteiger partial charge in [0.2, 0.25) is 0 Å². The SMILES string of the molecule is CCOCCO[C@H](C)C(=O)Nc1nc(-c2ccc[nH]2)cs1. The van der Waals surface area contributed by atoms with Crippen LogP contribution in [-0.2, 0) is 14.3 Å². The summed E-state index contributed by atoms with van der Waals surface area (Å²) in [6.45, 7) is 5.15. The van der Waals surface area contributed by atoms with Gasteiger partial charge in [0.25, 0.3) is 5.91 Å². The van der Waals surface area contributed by atoms with Gasteiger partial charge in [-0.05, 0) is 26.0 Å². The first-order valence-corrected chi connectivity index (χ1v) is 7.68. The minimum absolute atomic E-state index is 0.209. The minimum atomic E-state index is -0.539. The molecule has 0 unspecified atom stereocenters. The van der Waals surface area contributed by atoms with Crippen molar-refractivity contribution in [3.63, 3.8) is 0 Å². The van der Waals surface area contributed by atoms with Gasteiger partial charge in [-0.3, -0.25) is 10.1 Å². The Balaban J connectivity index is 1.82. The summed E-state index contributed by atoms with van der Waals surface area (Å²) < 4.78 is 10.5. The maximum atomic E-state index is 12.0. The molecule has 1 atom stereocenters. The molecular weight excluding hydrogens is 290 g/mol. The average Bonchev–Trinajstić information content (AvgIpc) is 3.13. The van der Waals surface area contributed by atoms with Crippen LogP contribution in [0, 0.1) is 0 Å². The molecule has 0 fully saturated rings. The largest absolute Gasteiger partial charge is 0.379 e. The molecule has 2 aromatic rings. The van der Waals surface area contributed by atoms with E-state index in [0.29, 0.717) is 25.0 Å². The standard InChI is InChI=1S/C14H19N3O3S/c1-3-19-7-8-20-10(2)13(18)17-14-16-12(9-21-14)11-5-4-6-15-11/h4-6,9-10,15H,3,7-8H2,1-2H3,(H,16,17,18)/t10-/m1/s1. The lowest BCUT2D eigenvalue weighted by Crippen LogP contribution is -2.28.